The topological polar surface area (TPSA) is 50.2 Å². The zero-order chi connectivity index (χ0) is 19.7. The lowest BCUT2D eigenvalue weighted by molar-refractivity contribution is 0.685. The number of benzene rings is 2. The zero-order valence-electron chi connectivity index (χ0n) is 16.6. The summed E-state index contributed by atoms with van der Waals surface area (Å²) in [7, 11) is 0.583. The summed E-state index contributed by atoms with van der Waals surface area (Å²) in [6, 6.07) is 16.7. The molecule has 28 heavy (non-hydrogen) atoms. The molecule has 4 rings (SSSR count). The van der Waals surface area contributed by atoms with Crippen LogP contribution in [-0.4, -0.2) is 20.5 Å². The Morgan fingerprint density at radius 1 is 1.11 bits per heavy atom. The quantitative estimate of drug-likeness (QED) is 0.708. The van der Waals surface area contributed by atoms with Gasteiger partial charge in [-0.3, -0.25) is 9.40 Å². The first-order valence-corrected chi connectivity index (χ1v) is 10.8. The SMILES string of the molecule is Cc1nn(C)c(C)c1NS(=O)c1ccc(CN2CCCc3ccccc32)cc1. The number of aryl methyl sites for hydroxylation is 3. The molecule has 0 aliphatic carbocycles. The number of hydrogen-bond donors (Lipinski definition) is 1. The Balaban J connectivity index is 1.46. The third-order valence-electron chi connectivity index (χ3n) is 5.42. The molecule has 0 saturated heterocycles. The molecule has 1 atom stereocenters. The number of rotatable bonds is 5. The summed E-state index contributed by atoms with van der Waals surface area (Å²) in [6.45, 7) is 5.84. The summed E-state index contributed by atoms with van der Waals surface area (Å²) in [6.07, 6.45) is 2.34. The third-order valence-corrected chi connectivity index (χ3v) is 6.51. The van der Waals surface area contributed by atoms with Gasteiger partial charge in [0, 0.05) is 25.8 Å². The van der Waals surface area contributed by atoms with E-state index in [0.717, 1.165) is 41.5 Å². The van der Waals surface area contributed by atoms with Crippen molar-refractivity contribution >= 4 is 22.4 Å². The van der Waals surface area contributed by atoms with Gasteiger partial charge in [-0.15, -0.1) is 0 Å². The summed E-state index contributed by atoms with van der Waals surface area (Å²) in [5.74, 6) is 0. The van der Waals surface area contributed by atoms with Crippen molar-refractivity contribution in [2.45, 2.75) is 38.1 Å². The Morgan fingerprint density at radius 2 is 1.86 bits per heavy atom. The predicted molar refractivity (Wildman–Crippen MR) is 115 cm³/mol. The van der Waals surface area contributed by atoms with E-state index in [9.17, 15) is 4.21 Å². The first-order valence-electron chi connectivity index (χ1n) is 9.63. The van der Waals surface area contributed by atoms with Gasteiger partial charge >= 0.3 is 0 Å². The largest absolute Gasteiger partial charge is 0.367 e. The van der Waals surface area contributed by atoms with Crippen molar-refractivity contribution in [2.75, 3.05) is 16.2 Å². The van der Waals surface area contributed by atoms with E-state index in [-0.39, 0.29) is 0 Å². The third kappa shape index (κ3) is 3.69. The maximum atomic E-state index is 12.7. The lowest BCUT2D eigenvalue weighted by Gasteiger charge is -2.31. The molecule has 0 bridgehead atoms. The van der Waals surface area contributed by atoms with Gasteiger partial charge in [0.25, 0.3) is 0 Å². The van der Waals surface area contributed by atoms with E-state index in [0.29, 0.717) is 0 Å². The van der Waals surface area contributed by atoms with Crippen LogP contribution >= 0.6 is 0 Å². The standard InChI is InChI=1S/C22H26N4OS/c1-16-22(17(2)25(3)23-16)24-28(27)20-12-10-18(11-13-20)15-26-14-6-8-19-7-4-5-9-21(19)26/h4-5,7,9-13,24H,6,8,14-15H2,1-3H3. The van der Waals surface area contributed by atoms with Crippen LogP contribution in [0.5, 0.6) is 0 Å². The predicted octanol–water partition coefficient (Wildman–Crippen LogP) is 4.12. The van der Waals surface area contributed by atoms with Crippen LogP contribution in [0.1, 0.15) is 28.9 Å². The summed E-state index contributed by atoms with van der Waals surface area (Å²) in [4.78, 5) is 3.20. The van der Waals surface area contributed by atoms with Crippen molar-refractivity contribution in [2.24, 2.45) is 7.05 Å². The Bertz CT molecular complexity index is 1010. The summed E-state index contributed by atoms with van der Waals surface area (Å²) in [5, 5.41) is 4.37. The maximum absolute atomic E-state index is 12.7. The highest BCUT2D eigenvalue weighted by molar-refractivity contribution is 7.86. The van der Waals surface area contributed by atoms with Crippen molar-refractivity contribution in [3.05, 3.63) is 71.0 Å². The highest BCUT2D eigenvalue weighted by Gasteiger charge is 2.17. The minimum atomic E-state index is -1.31. The van der Waals surface area contributed by atoms with Gasteiger partial charge in [0.05, 0.1) is 22.0 Å². The van der Waals surface area contributed by atoms with E-state index in [2.05, 4.69) is 51.1 Å². The molecule has 0 amide bonds. The van der Waals surface area contributed by atoms with Gasteiger partial charge in [-0.05, 0) is 56.0 Å². The number of nitrogens with one attached hydrogen (secondary N) is 1. The van der Waals surface area contributed by atoms with Crippen LogP contribution in [0.25, 0.3) is 0 Å². The van der Waals surface area contributed by atoms with E-state index >= 15 is 0 Å². The average Bonchev–Trinajstić information content (AvgIpc) is 2.95. The molecule has 1 aromatic heterocycles. The lowest BCUT2D eigenvalue weighted by atomic mass is 10.0. The molecule has 2 heterocycles. The van der Waals surface area contributed by atoms with Crippen molar-refractivity contribution in [3.8, 4) is 0 Å². The molecule has 146 valence electrons. The van der Waals surface area contributed by atoms with E-state index < -0.39 is 11.0 Å². The fraction of sp³-hybridized carbons (Fsp3) is 0.318. The van der Waals surface area contributed by atoms with Gasteiger partial charge in [0.1, 0.15) is 11.0 Å². The molecule has 1 unspecified atom stereocenters. The minimum absolute atomic E-state index is 0.769. The van der Waals surface area contributed by atoms with Crippen LogP contribution in [-0.2, 0) is 31.0 Å². The fourth-order valence-electron chi connectivity index (χ4n) is 3.79. The molecule has 1 aliphatic rings. The van der Waals surface area contributed by atoms with E-state index in [1.807, 2.05) is 33.0 Å². The highest BCUT2D eigenvalue weighted by atomic mass is 32.2. The van der Waals surface area contributed by atoms with Crippen molar-refractivity contribution in [1.82, 2.24) is 9.78 Å². The Morgan fingerprint density at radius 3 is 2.57 bits per heavy atom. The van der Waals surface area contributed by atoms with Crippen molar-refractivity contribution < 1.29 is 4.21 Å². The van der Waals surface area contributed by atoms with Crippen LogP contribution in [0, 0.1) is 13.8 Å². The van der Waals surface area contributed by atoms with Gasteiger partial charge in [-0.25, -0.2) is 4.21 Å². The molecule has 0 saturated carbocycles. The van der Waals surface area contributed by atoms with Crippen LogP contribution in [0.15, 0.2) is 53.4 Å². The van der Waals surface area contributed by atoms with Gasteiger partial charge in [-0.1, -0.05) is 30.3 Å². The van der Waals surface area contributed by atoms with E-state index in [1.165, 1.54) is 23.2 Å². The maximum Gasteiger partial charge on any atom is 0.150 e. The summed E-state index contributed by atoms with van der Waals surface area (Å²) in [5.41, 5.74) is 6.67. The normalized spacial score (nSPS) is 14.6. The van der Waals surface area contributed by atoms with Gasteiger partial charge in [0.15, 0.2) is 0 Å². The molecule has 2 aromatic carbocycles. The molecule has 0 radical (unpaired) electrons. The van der Waals surface area contributed by atoms with Gasteiger partial charge < -0.3 is 4.90 Å². The monoisotopic (exact) mass is 394 g/mol. The number of anilines is 2. The molecule has 6 heteroatoms. The van der Waals surface area contributed by atoms with E-state index in [4.69, 9.17) is 0 Å². The highest BCUT2D eigenvalue weighted by Crippen LogP contribution is 2.28. The Kier molecular flexibility index (Phi) is 5.22. The smallest absolute Gasteiger partial charge is 0.150 e. The second kappa shape index (κ2) is 7.80. The van der Waals surface area contributed by atoms with Crippen molar-refractivity contribution in [3.63, 3.8) is 0 Å². The van der Waals surface area contributed by atoms with Crippen LogP contribution in [0.4, 0.5) is 11.4 Å². The molecule has 0 fully saturated rings. The molecular formula is C22H26N4OS. The lowest BCUT2D eigenvalue weighted by Crippen LogP contribution is -2.28. The molecule has 1 aliphatic heterocycles. The Labute approximate surface area is 169 Å². The molecule has 5 nitrogen and oxygen atoms in total. The fourth-order valence-corrected chi connectivity index (χ4v) is 4.77. The average molecular weight is 395 g/mol. The number of nitrogens with zero attached hydrogens (tertiary/aromatic N) is 3. The molecule has 1 N–H and O–H groups in total. The second-order valence-electron chi connectivity index (χ2n) is 7.34. The van der Waals surface area contributed by atoms with Crippen LogP contribution in [0.3, 0.4) is 0 Å². The molecule has 3 aromatic rings. The minimum Gasteiger partial charge on any atom is -0.367 e. The number of para-hydroxylation sites is 1. The summed E-state index contributed by atoms with van der Waals surface area (Å²) >= 11 is 0. The second-order valence-corrected chi connectivity index (χ2v) is 8.55. The van der Waals surface area contributed by atoms with Crippen molar-refractivity contribution in [1.29, 1.82) is 0 Å². The van der Waals surface area contributed by atoms with Crippen LogP contribution in [0.2, 0.25) is 0 Å². The molecular weight excluding hydrogens is 368 g/mol. The number of aromatic nitrogens is 2. The number of fused-ring (bicyclic) bond motifs is 1. The number of hydrogen-bond acceptors (Lipinski definition) is 3. The first-order chi connectivity index (χ1) is 13.5. The Hall–Kier alpha value is -2.60. The molecule has 0 spiro atoms. The van der Waals surface area contributed by atoms with Crippen LogP contribution < -0.4 is 9.62 Å². The van der Waals surface area contributed by atoms with Gasteiger partial charge in [-0.2, -0.15) is 5.10 Å². The van der Waals surface area contributed by atoms with E-state index in [1.54, 1.807) is 4.68 Å². The zero-order valence-corrected chi connectivity index (χ0v) is 17.4. The van der Waals surface area contributed by atoms with Gasteiger partial charge in [0.2, 0.25) is 0 Å². The first kappa shape index (κ1) is 18.7. The summed E-state index contributed by atoms with van der Waals surface area (Å²) < 4.78 is 17.7.